The lowest BCUT2D eigenvalue weighted by molar-refractivity contribution is -0.123. The topological polar surface area (TPSA) is 40.9 Å². The summed E-state index contributed by atoms with van der Waals surface area (Å²) in [6, 6.07) is 7.97. The highest BCUT2D eigenvalue weighted by Gasteiger charge is 2.42. The van der Waals surface area contributed by atoms with Gasteiger partial charge in [0.15, 0.2) is 5.78 Å². The fourth-order valence-corrected chi connectivity index (χ4v) is 2.70. The first kappa shape index (κ1) is 12.1. The molecule has 0 amide bonds. The van der Waals surface area contributed by atoms with Crippen molar-refractivity contribution in [1.82, 2.24) is 0 Å². The highest BCUT2D eigenvalue weighted by atomic mass is 35.5. The van der Waals surface area contributed by atoms with Crippen LogP contribution in [0.25, 0.3) is 0 Å². The minimum absolute atomic E-state index is 0.0663. The minimum Gasteiger partial charge on any atom is -0.298 e. The number of carbonyl (C=O) groups excluding carboxylic acids is 1. The zero-order valence-corrected chi connectivity index (χ0v) is 10.5. The number of nitriles is 1. The largest absolute Gasteiger partial charge is 0.298 e. The number of hydrogen-bond acceptors (Lipinski definition) is 2. The molecule has 0 saturated heterocycles. The smallest absolute Gasteiger partial charge is 0.153 e. The SMILES string of the molecule is Cc1ccc(CC2(C#N)CCCC2=O)c(Cl)c1. The van der Waals surface area contributed by atoms with E-state index in [1.54, 1.807) is 0 Å². The van der Waals surface area contributed by atoms with Gasteiger partial charge < -0.3 is 0 Å². The van der Waals surface area contributed by atoms with Crippen molar-refractivity contribution in [3.63, 3.8) is 0 Å². The average Bonchev–Trinajstić information content (AvgIpc) is 2.65. The third kappa shape index (κ3) is 2.21. The predicted molar refractivity (Wildman–Crippen MR) is 66.8 cm³/mol. The summed E-state index contributed by atoms with van der Waals surface area (Å²) in [7, 11) is 0. The Morgan fingerprint density at radius 3 is 2.82 bits per heavy atom. The molecule has 1 aliphatic carbocycles. The molecule has 0 heterocycles. The Morgan fingerprint density at radius 1 is 1.53 bits per heavy atom. The second-order valence-electron chi connectivity index (χ2n) is 4.74. The standard InChI is InChI=1S/C14H14ClNO/c1-10-4-5-11(12(15)7-10)8-14(9-16)6-2-3-13(14)17/h4-5,7H,2-3,6,8H2,1H3. The van der Waals surface area contributed by atoms with Gasteiger partial charge in [0.25, 0.3) is 0 Å². The summed E-state index contributed by atoms with van der Waals surface area (Å²) in [6.07, 6.45) is 2.45. The van der Waals surface area contributed by atoms with E-state index in [1.165, 1.54) is 0 Å². The van der Waals surface area contributed by atoms with Crippen LogP contribution in [0.2, 0.25) is 5.02 Å². The van der Waals surface area contributed by atoms with Gasteiger partial charge >= 0.3 is 0 Å². The van der Waals surface area contributed by atoms with Gasteiger partial charge in [-0.3, -0.25) is 4.79 Å². The lowest BCUT2D eigenvalue weighted by Crippen LogP contribution is -2.26. The van der Waals surface area contributed by atoms with E-state index < -0.39 is 5.41 Å². The highest BCUT2D eigenvalue weighted by Crippen LogP contribution is 2.38. The minimum atomic E-state index is -0.834. The molecule has 1 unspecified atom stereocenters. The van der Waals surface area contributed by atoms with Crippen molar-refractivity contribution in [1.29, 1.82) is 5.26 Å². The molecular weight excluding hydrogens is 234 g/mol. The molecule has 0 N–H and O–H groups in total. The molecule has 1 saturated carbocycles. The van der Waals surface area contributed by atoms with Gasteiger partial charge in [-0.2, -0.15) is 5.26 Å². The van der Waals surface area contributed by atoms with Crippen molar-refractivity contribution in [2.24, 2.45) is 5.41 Å². The molecule has 1 aromatic carbocycles. The number of carbonyl (C=O) groups is 1. The van der Waals surface area contributed by atoms with Crippen molar-refractivity contribution in [3.8, 4) is 6.07 Å². The molecule has 0 spiro atoms. The third-order valence-corrected chi connectivity index (χ3v) is 3.81. The molecule has 1 atom stereocenters. The first-order chi connectivity index (χ1) is 8.07. The van der Waals surface area contributed by atoms with Gasteiger partial charge in [-0.25, -0.2) is 0 Å². The summed E-state index contributed by atoms with van der Waals surface area (Å²) in [5.74, 6) is 0.0663. The molecule has 1 fully saturated rings. The number of halogens is 1. The molecule has 0 radical (unpaired) electrons. The first-order valence-electron chi connectivity index (χ1n) is 5.77. The lowest BCUT2D eigenvalue weighted by Gasteiger charge is -2.19. The van der Waals surface area contributed by atoms with Gasteiger partial charge in [-0.1, -0.05) is 23.7 Å². The van der Waals surface area contributed by atoms with Crippen LogP contribution in [-0.4, -0.2) is 5.78 Å². The van der Waals surface area contributed by atoms with E-state index in [-0.39, 0.29) is 5.78 Å². The van der Waals surface area contributed by atoms with Crippen LogP contribution >= 0.6 is 11.6 Å². The van der Waals surface area contributed by atoms with Gasteiger partial charge in [0.2, 0.25) is 0 Å². The second-order valence-corrected chi connectivity index (χ2v) is 5.15. The van der Waals surface area contributed by atoms with Crippen LogP contribution < -0.4 is 0 Å². The van der Waals surface area contributed by atoms with Crippen LogP contribution in [0.3, 0.4) is 0 Å². The Hall–Kier alpha value is -1.33. The molecule has 0 aliphatic heterocycles. The maximum Gasteiger partial charge on any atom is 0.153 e. The Balaban J connectivity index is 2.31. The van der Waals surface area contributed by atoms with Gasteiger partial charge in [0.1, 0.15) is 5.41 Å². The highest BCUT2D eigenvalue weighted by molar-refractivity contribution is 6.31. The van der Waals surface area contributed by atoms with Gasteiger partial charge in [-0.05, 0) is 43.4 Å². The second kappa shape index (κ2) is 4.50. The zero-order valence-electron chi connectivity index (χ0n) is 9.79. The number of nitrogens with zero attached hydrogens (tertiary/aromatic N) is 1. The molecule has 88 valence electrons. The molecular formula is C14H14ClNO. The maximum absolute atomic E-state index is 11.8. The number of hydrogen-bond donors (Lipinski definition) is 0. The fraction of sp³-hybridized carbons (Fsp3) is 0.429. The first-order valence-corrected chi connectivity index (χ1v) is 6.15. The molecule has 1 aromatic rings. The van der Waals surface area contributed by atoms with E-state index in [0.717, 1.165) is 17.5 Å². The van der Waals surface area contributed by atoms with Crippen molar-refractivity contribution < 1.29 is 4.79 Å². The summed E-state index contributed by atoms with van der Waals surface area (Å²) in [5, 5.41) is 9.93. The Morgan fingerprint density at radius 2 is 2.29 bits per heavy atom. The molecule has 3 heteroatoms. The molecule has 2 rings (SSSR count). The summed E-state index contributed by atoms with van der Waals surface area (Å²) < 4.78 is 0. The molecule has 2 nitrogen and oxygen atoms in total. The fourth-order valence-electron chi connectivity index (χ4n) is 2.39. The molecule has 1 aliphatic rings. The van der Waals surface area contributed by atoms with Crippen LogP contribution in [0.15, 0.2) is 18.2 Å². The summed E-state index contributed by atoms with van der Waals surface area (Å²) in [4.78, 5) is 11.8. The summed E-state index contributed by atoms with van der Waals surface area (Å²) >= 11 is 6.15. The average molecular weight is 248 g/mol. The van der Waals surface area contributed by atoms with E-state index in [9.17, 15) is 10.1 Å². The maximum atomic E-state index is 11.8. The quantitative estimate of drug-likeness (QED) is 0.803. The van der Waals surface area contributed by atoms with Gasteiger partial charge in [0.05, 0.1) is 6.07 Å². The van der Waals surface area contributed by atoms with Crippen molar-refractivity contribution in [2.45, 2.75) is 32.6 Å². The predicted octanol–water partition coefficient (Wildman–Crippen LogP) is 3.45. The monoisotopic (exact) mass is 247 g/mol. The summed E-state index contributed by atoms with van der Waals surface area (Å²) in [6.45, 7) is 1.97. The van der Waals surface area contributed by atoms with E-state index >= 15 is 0 Å². The number of rotatable bonds is 2. The van der Waals surface area contributed by atoms with E-state index in [4.69, 9.17) is 11.6 Å². The zero-order chi connectivity index (χ0) is 12.5. The van der Waals surface area contributed by atoms with E-state index in [1.807, 2.05) is 25.1 Å². The van der Waals surface area contributed by atoms with Crippen LogP contribution in [0, 0.1) is 23.7 Å². The Labute approximate surface area is 106 Å². The summed E-state index contributed by atoms with van der Waals surface area (Å²) in [5.41, 5.74) is 1.15. The van der Waals surface area contributed by atoms with Gasteiger partial charge in [0, 0.05) is 11.4 Å². The lowest BCUT2D eigenvalue weighted by atomic mass is 9.80. The number of Topliss-reactive ketones (excluding diaryl/α,β-unsaturated/α-hetero) is 1. The van der Waals surface area contributed by atoms with E-state index in [2.05, 4.69) is 6.07 Å². The van der Waals surface area contributed by atoms with E-state index in [0.29, 0.717) is 24.3 Å². The molecule has 0 bridgehead atoms. The van der Waals surface area contributed by atoms with Crippen molar-refractivity contribution in [2.75, 3.05) is 0 Å². The van der Waals surface area contributed by atoms with Crippen molar-refractivity contribution >= 4 is 17.4 Å². The van der Waals surface area contributed by atoms with Gasteiger partial charge in [-0.15, -0.1) is 0 Å². The number of aryl methyl sites for hydroxylation is 1. The normalized spacial score (nSPS) is 23.7. The van der Waals surface area contributed by atoms with Crippen LogP contribution in [0.5, 0.6) is 0 Å². The molecule has 0 aromatic heterocycles. The van der Waals surface area contributed by atoms with Crippen molar-refractivity contribution in [3.05, 3.63) is 34.3 Å². The van der Waals surface area contributed by atoms with Crippen LogP contribution in [-0.2, 0) is 11.2 Å². The van der Waals surface area contributed by atoms with Crippen LogP contribution in [0.4, 0.5) is 0 Å². The third-order valence-electron chi connectivity index (χ3n) is 3.46. The number of ketones is 1. The Kier molecular flexibility index (Phi) is 3.22. The molecule has 17 heavy (non-hydrogen) atoms. The van der Waals surface area contributed by atoms with Crippen LogP contribution in [0.1, 0.15) is 30.4 Å². The number of benzene rings is 1. The Bertz CT molecular complexity index is 503.